The zero-order valence-corrected chi connectivity index (χ0v) is 15.8. The van der Waals surface area contributed by atoms with E-state index in [4.69, 9.17) is 17.4 Å². The average Bonchev–Trinajstić information content (AvgIpc) is 2.99. The maximum absolute atomic E-state index is 13.8. The molecule has 0 saturated carbocycles. The molecule has 1 aromatic carbocycles. The summed E-state index contributed by atoms with van der Waals surface area (Å²) in [7, 11) is 0. The Hall–Kier alpha value is -2.65. The fourth-order valence-electron chi connectivity index (χ4n) is 2.21. The van der Waals surface area contributed by atoms with Crippen LogP contribution in [0.25, 0.3) is 0 Å². The Bertz CT molecular complexity index is 949. The summed E-state index contributed by atoms with van der Waals surface area (Å²) in [6.07, 6.45) is 1.65. The van der Waals surface area contributed by atoms with Gasteiger partial charge < -0.3 is 11.2 Å². The van der Waals surface area contributed by atoms with E-state index >= 15 is 0 Å². The SMILES string of the molecule is CC(Sc1nnc(Cc2ccccc2F)n1N)C(=O)Nc1ccc(Cl)cn1. The number of anilines is 1. The van der Waals surface area contributed by atoms with E-state index in [1.165, 1.54) is 16.9 Å². The predicted octanol–water partition coefficient (Wildman–Crippen LogP) is 2.89. The van der Waals surface area contributed by atoms with E-state index in [1.54, 1.807) is 37.3 Å². The number of hydrogen-bond donors (Lipinski definition) is 2. The molecule has 2 heterocycles. The van der Waals surface area contributed by atoms with Crippen molar-refractivity contribution in [3.8, 4) is 0 Å². The van der Waals surface area contributed by atoms with Gasteiger partial charge >= 0.3 is 0 Å². The largest absolute Gasteiger partial charge is 0.336 e. The van der Waals surface area contributed by atoms with Crippen LogP contribution in [0.4, 0.5) is 10.2 Å². The Morgan fingerprint density at radius 1 is 1.33 bits per heavy atom. The summed E-state index contributed by atoms with van der Waals surface area (Å²) in [4.78, 5) is 16.3. The van der Waals surface area contributed by atoms with Crippen LogP contribution in [-0.4, -0.2) is 31.0 Å². The second kappa shape index (κ2) is 8.36. The monoisotopic (exact) mass is 406 g/mol. The molecule has 0 fully saturated rings. The van der Waals surface area contributed by atoms with Crippen molar-refractivity contribution < 1.29 is 9.18 Å². The van der Waals surface area contributed by atoms with E-state index < -0.39 is 5.25 Å². The normalized spacial score (nSPS) is 12.0. The molecule has 1 unspecified atom stereocenters. The summed E-state index contributed by atoms with van der Waals surface area (Å²) >= 11 is 6.91. The number of nitrogen functional groups attached to an aromatic ring is 1. The van der Waals surface area contributed by atoms with Gasteiger partial charge in [0.25, 0.3) is 0 Å². The molecule has 0 aliphatic carbocycles. The second-order valence-electron chi connectivity index (χ2n) is 5.65. The lowest BCUT2D eigenvalue weighted by atomic mass is 10.1. The van der Waals surface area contributed by atoms with Gasteiger partial charge in [-0.05, 0) is 30.7 Å². The molecule has 0 aliphatic rings. The predicted molar refractivity (Wildman–Crippen MR) is 103 cm³/mol. The number of halogens is 2. The minimum Gasteiger partial charge on any atom is -0.336 e. The molecule has 2 aromatic heterocycles. The zero-order chi connectivity index (χ0) is 19.4. The fourth-order valence-corrected chi connectivity index (χ4v) is 3.11. The molecule has 0 bridgehead atoms. The second-order valence-corrected chi connectivity index (χ2v) is 7.39. The van der Waals surface area contributed by atoms with Crippen molar-refractivity contribution in [2.24, 2.45) is 0 Å². The quantitative estimate of drug-likeness (QED) is 0.482. The van der Waals surface area contributed by atoms with E-state index in [-0.39, 0.29) is 18.1 Å². The molecule has 1 amide bonds. The summed E-state index contributed by atoms with van der Waals surface area (Å²) in [5.74, 6) is 6.20. The molecule has 3 N–H and O–H groups in total. The molecule has 27 heavy (non-hydrogen) atoms. The van der Waals surface area contributed by atoms with Gasteiger partial charge in [0.15, 0.2) is 5.82 Å². The molecule has 0 aliphatic heterocycles. The lowest BCUT2D eigenvalue weighted by molar-refractivity contribution is -0.115. The number of benzene rings is 1. The highest BCUT2D eigenvalue weighted by Crippen LogP contribution is 2.23. The highest BCUT2D eigenvalue weighted by molar-refractivity contribution is 8.00. The highest BCUT2D eigenvalue weighted by atomic mass is 35.5. The maximum Gasteiger partial charge on any atom is 0.238 e. The van der Waals surface area contributed by atoms with Gasteiger partial charge in [0.05, 0.1) is 10.3 Å². The van der Waals surface area contributed by atoms with Crippen molar-refractivity contribution in [1.29, 1.82) is 0 Å². The van der Waals surface area contributed by atoms with Gasteiger partial charge in [0.2, 0.25) is 11.1 Å². The van der Waals surface area contributed by atoms with Crippen molar-refractivity contribution in [3.63, 3.8) is 0 Å². The molecule has 10 heteroatoms. The third-order valence-corrected chi connectivity index (χ3v) is 4.95. The number of rotatable bonds is 6. The number of nitrogens with zero attached hydrogens (tertiary/aromatic N) is 4. The number of nitrogens with one attached hydrogen (secondary N) is 1. The van der Waals surface area contributed by atoms with Crippen molar-refractivity contribution in [1.82, 2.24) is 19.9 Å². The van der Waals surface area contributed by atoms with Gasteiger partial charge in [-0.15, -0.1) is 10.2 Å². The minimum absolute atomic E-state index is 0.200. The Morgan fingerprint density at radius 3 is 2.81 bits per heavy atom. The van der Waals surface area contributed by atoms with Crippen LogP contribution in [0.3, 0.4) is 0 Å². The Morgan fingerprint density at radius 2 is 2.11 bits per heavy atom. The summed E-state index contributed by atoms with van der Waals surface area (Å²) in [6, 6.07) is 9.63. The number of pyridine rings is 1. The first kappa shape index (κ1) is 19.1. The zero-order valence-electron chi connectivity index (χ0n) is 14.3. The molecule has 3 rings (SSSR count). The first-order chi connectivity index (χ1) is 12.9. The van der Waals surface area contributed by atoms with Gasteiger partial charge in [-0.25, -0.2) is 14.1 Å². The Labute approximate surface area is 164 Å². The number of aromatic nitrogens is 4. The molecule has 7 nitrogen and oxygen atoms in total. The number of nitrogens with two attached hydrogens (primary N) is 1. The van der Waals surface area contributed by atoms with E-state index in [0.29, 0.717) is 27.4 Å². The molecule has 0 radical (unpaired) electrons. The van der Waals surface area contributed by atoms with Crippen LogP contribution in [0.5, 0.6) is 0 Å². The van der Waals surface area contributed by atoms with Crippen LogP contribution in [0, 0.1) is 5.82 Å². The molecule has 140 valence electrons. The molecular formula is C17H16ClFN6OS. The molecule has 0 saturated heterocycles. The smallest absolute Gasteiger partial charge is 0.238 e. The molecule has 1 atom stereocenters. The number of amides is 1. The van der Waals surface area contributed by atoms with E-state index in [2.05, 4.69) is 20.5 Å². The lowest BCUT2D eigenvalue weighted by Gasteiger charge is -2.11. The molecular weight excluding hydrogens is 391 g/mol. The van der Waals surface area contributed by atoms with Crippen LogP contribution >= 0.6 is 23.4 Å². The van der Waals surface area contributed by atoms with Crippen LogP contribution in [0.2, 0.25) is 5.02 Å². The van der Waals surface area contributed by atoms with Crippen molar-refractivity contribution in [2.75, 3.05) is 11.2 Å². The number of hydrogen-bond acceptors (Lipinski definition) is 6. The van der Waals surface area contributed by atoms with Gasteiger partial charge in [0, 0.05) is 12.6 Å². The standard InChI is InChI=1S/C17H16ClFN6OS/c1-10(16(26)22-14-7-6-12(18)9-21-14)27-17-24-23-15(25(17)20)8-11-4-2-3-5-13(11)19/h2-7,9-10H,8,20H2,1H3,(H,21,22,26). The third kappa shape index (κ3) is 4.75. The number of thioether (sulfide) groups is 1. The van der Waals surface area contributed by atoms with Crippen LogP contribution in [0.1, 0.15) is 18.3 Å². The topological polar surface area (TPSA) is 98.7 Å². The highest BCUT2D eigenvalue weighted by Gasteiger charge is 2.20. The first-order valence-corrected chi connectivity index (χ1v) is 9.21. The van der Waals surface area contributed by atoms with Gasteiger partial charge in [-0.1, -0.05) is 41.6 Å². The Balaban J connectivity index is 1.65. The van der Waals surface area contributed by atoms with Gasteiger partial charge in [-0.3, -0.25) is 4.79 Å². The maximum atomic E-state index is 13.8. The van der Waals surface area contributed by atoms with E-state index in [9.17, 15) is 9.18 Å². The first-order valence-electron chi connectivity index (χ1n) is 7.96. The third-order valence-electron chi connectivity index (χ3n) is 3.67. The number of carbonyl (C=O) groups excluding carboxylic acids is 1. The summed E-state index contributed by atoms with van der Waals surface area (Å²) < 4.78 is 15.1. The van der Waals surface area contributed by atoms with Crippen LogP contribution < -0.4 is 11.2 Å². The van der Waals surface area contributed by atoms with E-state index in [0.717, 1.165) is 11.8 Å². The van der Waals surface area contributed by atoms with Crippen molar-refractivity contribution in [3.05, 3.63) is 64.8 Å². The van der Waals surface area contributed by atoms with Crippen molar-refractivity contribution >= 4 is 35.1 Å². The van der Waals surface area contributed by atoms with Gasteiger partial charge in [0.1, 0.15) is 11.6 Å². The summed E-state index contributed by atoms with van der Waals surface area (Å²) in [6.45, 7) is 1.71. The van der Waals surface area contributed by atoms with Gasteiger partial charge in [-0.2, -0.15) is 0 Å². The van der Waals surface area contributed by atoms with Crippen molar-refractivity contribution in [2.45, 2.75) is 23.8 Å². The summed E-state index contributed by atoms with van der Waals surface area (Å²) in [5.41, 5.74) is 0.466. The minimum atomic E-state index is -0.504. The number of carbonyl (C=O) groups is 1. The fraction of sp³-hybridized carbons (Fsp3) is 0.176. The van der Waals surface area contributed by atoms with Crippen LogP contribution in [-0.2, 0) is 11.2 Å². The molecule has 0 spiro atoms. The molecule has 3 aromatic rings. The Kier molecular flexibility index (Phi) is 5.92. The average molecular weight is 407 g/mol. The lowest BCUT2D eigenvalue weighted by Crippen LogP contribution is -2.24. The van der Waals surface area contributed by atoms with E-state index in [1.807, 2.05) is 0 Å². The van der Waals surface area contributed by atoms with Crippen LogP contribution in [0.15, 0.2) is 47.8 Å². The summed E-state index contributed by atoms with van der Waals surface area (Å²) in [5, 5.41) is 11.0.